The molecule has 1 amide bonds. The van der Waals surface area contributed by atoms with Gasteiger partial charge in [-0.1, -0.05) is 6.07 Å². The van der Waals surface area contributed by atoms with Crippen LogP contribution in [0.25, 0.3) is 0 Å². The van der Waals surface area contributed by atoms with E-state index in [9.17, 15) is 28.1 Å². The van der Waals surface area contributed by atoms with Gasteiger partial charge in [-0.05, 0) is 48.6 Å². The number of anilines is 1. The van der Waals surface area contributed by atoms with E-state index in [1.165, 1.54) is 0 Å². The second-order valence-electron chi connectivity index (χ2n) is 8.07. The first-order valence-corrected chi connectivity index (χ1v) is 11.5. The van der Waals surface area contributed by atoms with E-state index in [-0.39, 0.29) is 17.5 Å². The van der Waals surface area contributed by atoms with E-state index in [1.807, 2.05) is 17.5 Å². The van der Waals surface area contributed by atoms with Crippen LogP contribution >= 0.6 is 11.3 Å². The number of thiophene rings is 1. The minimum absolute atomic E-state index is 0.0358. The number of nitro groups is 1. The van der Waals surface area contributed by atoms with Crippen molar-refractivity contribution in [2.75, 3.05) is 18.0 Å². The molecule has 11 heteroatoms. The van der Waals surface area contributed by atoms with Gasteiger partial charge in [0.05, 0.1) is 29.8 Å². The summed E-state index contributed by atoms with van der Waals surface area (Å²) in [5.41, 5.74) is -1.51. The molecule has 1 aliphatic heterocycles. The molecule has 0 aliphatic carbocycles. The van der Waals surface area contributed by atoms with E-state index in [4.69, 9.17) is 4.42 Å². The third kappa shape index (κ3) is 5.41. The Kier molecular flexibility index (Phi) is 6.92. The van der Waals surface area contributed by atoms with Gasteiger partial charge in [-0.3, -0.25) is 14.9 Å². The van der Waals surface area contributed by atoms with Gasteiger partial charge in [0, 0.05) is 30.0 Å². The zero-order valence-corrected chi connectivity index (χ0v) is 18.8. The highest BCUT2D eigenvalue weighted by Crippen LogP contribution is 2.38. The van der Waals surface area contributed by atoms with Gasteiger partial charge in [-0.2, -0.15) is 13.2 Å². The number of piperidine rings is 1. The summed E-state index contributed by atoms with van der Waals surface area (Å²) in [7, 11) is 0. The molecule has 0 unspecified atom stereocenters. The number of alkyl halides is 3. The molecule has 2 aromatic heterocycles. The van der Waals surface area contributed by atoms with E-state index in [0.29, 0.717) is 50.8 Å². The maximum atomic E-state index is 13.4. The highest BCUT2D eigenvalue weighted by atomic mass is 32.1. The zero-order valence-electron chi connectivity index (χ0n) is 18.0. The van der Waals surface area contributed by atoms with Gasteiger partial charge in [0.1, 0.15) is 11.4 Å². The molecule has 4 rings (SSSR count). The number of rotatable bonds is 7. The number of nitrogens with zero attached hydrogens (tertiary/aromatic N) is 3. The van der Waals surface area contributed by atoms with Crippen molar-refractivity contribution in [3.05, 3.63) is 80.4 Å². The predicted octanol–water partition coefficient (Wildman–Crippen LogP) is 5.71. The third-order valence-electron chi connectivity index (χ3n) is 5.85. The maximum Gasteiger partial charge on any atom is 0.416 e. The molecule has 3 heterocycles. The summed E-state index contributed by atoms with van der Waals surface area (Å²) in [5.74, 6) is 0.341. The summed E-state index contributed by atoms with van der Waals surface area (Å²) in [5, 5.41) is 13.4. The molecule has 0 saturated carbocycles. The van der Waals surface area contributed by atoms with Crippen molar-refractivity contribution in [2.45, 2.75) is 32.1 Å². The summed E-state index contributed by atoms with van der Waals surface area (Å²) in [6.45, 7) is 1.43. The molecule has 1 fully saturated rings. The quantitative estimate of drug-likeness (QED) is 0.311. The summed E-state index contributed by atoms with van der Waals surface area (Å²) in [4.78, 5) is 28.5. The Bertz CT molecular complexity index is 1090. The molecule has 0 bridgehead atoms. The molecule has 0 radical (unpaired) electrons. The molecular formula is C23H22F3N3O4S. The van der Waals surface area contributed by atoms with Crippen LogP contribution in [0.2, 0.25) is 0 Å². The van der Waals surface area contributed by atoms with E-state index < -0.39 is 22.4 Å². The fourth-order valence-electron chi connectivity index (χ4n) is 4.13. The second-order valence-corrected chi connectivity index (χ2v) is 9.10. The van der Waals surface area contributed by atoms with Gasteiger partial charge in [-0.15, -0.1) is 11.3 Å². The number of hydrogen-bond donors (Lipinski definition) is 0. The van der Waals surface area contributed by atoms with Crippen molar-refractivity contribution in [3.8, 4) is 0 Å². The highest BCUT2D eigenvalue weighted by Gasteiger charge is 2.35. The average molecular weight is 494 g/mol. The Morgan fingerprint density at radius 1 is 1.18 bits per heavy atom. The van der Waals surface area contributed by atoms with Crippen LogP contribution in [-0.4, -0.2) is 28.8 Å². The normalized spacial score (nSPS) is 14.9. The summed E-state index contributed by atoms with van der Waals surface area (Å²) in [6, 6.07) is 10.0. The maximum absolute atomic E-state index is 13.4. The number of amides is 1. The third-order valence-corrected chi connectivity index (χ3v) is 6.71. The van der Waals surface area contributed by atoms with Crippen molar-refractivity contribution in [1.29, 1.82) is 0 Å². The Balaban J connectivity index is 1.46. The van der Waals surface area contributed by atoms with Crippen molar-refractivity contribution >= 4 is 28.6 Å². The van der Waals surface area contributed by atoms with Gasteiger partial charge in [0.15, 0.2) is 0 Å². The second kappa shape index (κ2) is 9.88. The summed E-state index contributed by atoms with van der Waals surface area (Å²) >= 11 is 1.56. The van der Waals surface area contributed by atoms with E-state index in [1.54, 1.807) is 39.5 Å². The first kappa shape index (κ1) is 23.8. The van der Waals surface area contributed by atoms with Crippen LogP contribution in [-0.2, 0) is 24.1 Å². The van der Waals surface area contributed by atoms with Crippen molar-refractivity contribution in [2.24, 2.45) is 5.92 Å². The molecule has 1 aromatic carbocycles. The first-order chi connectivity index (χ1) is 16.2. The summed E-state index contributed by atoms with van der Waals surface area (Å²) in [6.07, 6.45) is -2.23. The lowest BCUT2D eigenvalue weighted by molar-refractivity contribution is -0.384. The molecule has 0 N–H and O–H groups in total. The Morgan fingerprint density at radius 3 is 2.53 bits per heavy atom. The number of benzene rings is 1. The van der Waals surface area contributed by atoms with Gasteiger partial charge in [-0.25, -0.2) is 0 Å². The number of hydrogen-bond acceptors (Lipinski definition) is 6. The molecule has 7 nitrogen and oxygen atoms in total. The Labute approximate surface area is 197 Å². The topological polar surface area (TPSA) is 79.8 Å². The van der Waals surface area contributed by atoms with Crippen LogP contribution < -0.4 is 4.90 Å². The Morgan fingerprint density at radius 2 is 1.94 bits per heavy atom. The Hall–Kier alpha value is -3.34. The first-order valence-electron chi connectivity index (χ1n) is 10.7. The van der Waals surface area contributed by atoms with Crippen LogP contribution in [0.4, 0.5) is 24.5 Å². The van der Waals surface area contributed by atoms with Crippen LogP contribution in [0, 0.1) is 16.0 Å². The van der Waals surface area contributed by atoms with Gasteiger partial charge in [0.25, 0.3) is 5.69 Å². The molecule has 0 spiro atoms. The van der Waals surface area contributed by atoms with E-state index in [0.717, 1.165) is 17.0 Å². The van der Waals surface area contributed by atoms with Crippen LogP contribution in [0.5, 0.6) is 0 Å². The average Bonchev–Trinajstić information content (AvgIpc) is 3.52. The number of carbonyl (C=O) groups excluding carboxylic acids is 1. The molecule has 1 aliphatic rings. The van der Waals surface area contributed by atoms with E-state index in [2.05, 4.69) is 0 Å². The highest BCUT2D eigenvalue weighted by molar-refractivity contribution is 7.09. The fraction of sp³-hybridized carbons (Fsp3) is 0.348. The summed E-state index contributed by atoms with van der Waals surface area (Å²) < 4.78 is 44.4. The van der Waals surface area contributed by atoms with Crippen molar-refractivity contribution < 1.29 is 27.3 Å². The zero-order chi connectivity index (χ0) is 24.3. The number of carbonyl (C=O) groups is 1. The standard InChI is InChI=1S/C23H22F3N3O4S/c24-23(25,26)17-5-6-20(21(13-17)29(31)32)27-9-7-16(8-10-27)22(30)28(14-18-3-1-11-33-18)15-19-4-2-12-34-19/h1-6,11-13,16H,7-10,14-15H2. The monoisotopic (exact) mass is 493 g/mol. The largest absolute Gasteiger partial charge is 0.467 e. The lowest BCUT2D eigenvalue weighted by Crippen LogP contribution is -2.42. The minimum Gasteiger partial charge on any atom is -0.467 e. The predicted molar refractivity (Wildman–Crippen MR) is 120 cm³/mol. The van der Waals surface area contributed by atoms with E-state index >= 15 is 0 Å². The van der Waals surface area contributed by atoms with Gasteiger partial charge >= 0.3 is 6.18 Å². The van der Waals surface area contributed by atoms with Crippen LogP contribution in [0.1, 0.15) is 29.0 Å². The number of nitro benzene ring substituents is 1. The van der Waals surface area contributed by atoms with Crippen LogP contribution in [0.15, 0.2) is 58.5 Å². The lowest BCUT2D eigenvalue weighted by atomic mass is 9.94. The molecule has 0 atom stereocenters. The van der Waals surface area contributed by atoms with Crippen LogP contribution in [0.3, 0.4) is 0 Å². The number of furan rings is 1. The number of halogens is 3. The molecule has 1 saturated heterocycles. The minimum atomic E-state index is -4.66. The van der Waals surface area contributed by atoms with Gasteiger partial charge < -0.3 is 14.2 Å². The fourth-order valence-corrected chi connectivity index (χ4v) is 4.85. The molecule has 34 heavy (non-hydrogen) atoms. The SMILES string of the molecule is O=C(C1CCN(c2ccc(C(F)(F)F)cc2[N+](=O)[O-])CC1)N(Cc1ccco1)Cc1cccs1. The lowest BCUT2D eigenvalue weighted by Gasteiger charge is -2.35. The molecule has 180 valence electrons. The smallest absolute Gasteiger partial charge is 0.416 e. The molecule has 3 aromatic rings. The van der Waals surface area contributed by atoms with Gasteiger partial charge in [0.2, 0.25) is 5.91 Å². The van der Waals surface area contributed by atoms with Crippen molar-refractivity contribution in [1.82, 2.24) is 4.90 Å². The molecular weight excluding hydrogens is 471 g/mol. The van der Waals surface area contributed by atoms with Crippen molar-refractivity contribution in [3.63, 3.8) is 0 Å².